The van der Waals surface area contributed by atoms with Gasteiger partial charge in [0.05, 0.1) is 0 Å². The van der Waals surface area contributed by atoms with Crippen molar-refractivity contribution in [1.82, 2.24) is 0 Å². The zero-order valence-electron chi connectivity index (χ0n) is 18.5. The van der Waals surface area contributed by atoms with Gasteiger partial charge in [-0.25, -0.2) is 0 Å². The van der Waals surface area contributed by atoms with Crippen LogP contribution in [0.4, 0.5) is 0 Å². The van der Waals surface area contributed by atoms with Crippen molar-refractivity contribution >= 4 is 462 Å². The van der Waals surface area contributed by atoms with E-state index in [1.807, 2.05) is 0 Å². The van der Waals surface area contributed by atoms with Gasteiger partial charge in [-0.1, -0.05) is 462 Å². The fraction of sp³-hybridized carbons (Fsp3) is 0.933. The van der Waals surface area contributed by atoms with Crippen LogP contribution in [-0.2, 0) is 0 Å². The molecule has 0 nitrogen and oxygen atoms in total. The van der Waals surface area contributed by atoms with Gasteiger partial charge in [0.25, 0.3) is 0 Å². The van der Waals surface area contributed by atoms with Gasteiger partial charge < -0.3 is 0 Å². The van der Waals surface area contributed by atoms with Gasteiger partial charge in [0.15, 0.2) is 0 Å². The Hall–Kier alpha value is 13.9. The molecule has 0 aromatic rings. The fourth-order valence-corrected chi connectivity index (χ4v) is 34.6. The summed E-state index contributed by atoms with van der Waals surface area (Å²) in [5.74, 6) is 0. The minimum atomic E-state index is -1.23. The van der Waals surface area contributed by atoms with E-state index in [-0.39, 0.29) is 0 Å². The number of rotatable bonds is 0. The highest BCUT2D eigenvalue weighted by molar-refractivity contribution is 9.39. The Kier molecular flexibility index (Phi) is 22.2. The molecule has 0 N–H and O–H groups in total. The Labute approximate surface area is 499 Å². The summed E-state index contributed by atoms with van der Waals surface area (Å²) in [7, 11) is 0. The molecule has 0 aliphatic heterocycles. The third-order valence-electron chi connectivity index (χ3n) is 5.68. The summed E-state index contributed by atoms with van der Waals surface area (Å²) in [5, 5.41) is 0. The third-order valence-corrected chi connectivity index (χ3v) is 69.2. The number of hydrogen-bond acceptors (Lipinski definition) is 0. The topological polar surface area (TPSA) is 0 Å². The van der Waals surface area contributed by atoms with E-state index < -0.39 is 45.3 Å². The maximum absolute atomic E-state index is 3.99. The zero-order valence-corrected chi connectivity index (χ0v) is 64.5. The Morgan fingerprint density at radius 1 is 0.182 bits per heavy atom. The van der Waals surface area contributed by atoms with Gasteiger partial charge in [-0.3, -0.25) is 0 Å². The van der Waals surface area contributed by atoms with Gasteiger partial charge in [0, 0.05) is 0 Å². The molecule has 0 spiro atoms. The SMILES string of the molecule is Br[C]1C(Br)(Br)C(Br)(Br)C(Br)(Br)C(Br)(Br)C(Br)(Br)C(Br)(Br)C(Br)(Br)C(Br)(Br)C(Br)(Br)C(Br)(Br)C(Br)(Br)C(Br)(Br)C(Br)(Br)C1(Br)Br. The van der Waals surface area contributed by atoms with Crippen molar-refractivity contribution < 1.29 is 0 Å². The van der Waals surface area contributed by atoms with Crippen molar-refractivity contribution in [3.05, 3.63) is 4.83 Å². The molecule has 1 saturated carbocycles. The summed E-state index contributed by atoms with van der Waals surface area (Å²) in [6, 6.07) is 0. The van der Waals surface area contributed by atoms with Crippen LogP contribution in [0.1, 0.15) is 0 Å². The van der Waals surface area contributed by atoms with Crippen LogP contribution < -0.4 is 0 Å². The van der Waals surface area contributed by atoms with E-state index in [0.29, 0.717) is 4.83 Å². The minimum Gasteiger partial charge on any atom is -0.0785 e. The second-order valence-electron chi connectivity index (χ2n) is 8.36. The van der Waals surface area contributed by atoms with Crippen LogP contribution in [0.3, 0.4) is 0 Å². The smallest absolute Gasteiger partial charge is 0.0785 e. The molecule has 0 aromatic heterocycles. The molecular weight excluding hydrogens is 2500 g/mol. The minimum absolute atomic E-state index is 0.580. The molecule has 263 valence electrons. The normalized spacial score (nSPS) is 33.8. The van der Waals surface area contributed by atoms with E-state index >= 15 is 0 Å². The van der Waals surface area contributed by atoms with Gasteiger partial charge in [-0.2, -0.15) is 0 Å². The molecule has 0 aromatic carbocycles. The van der Waals surface area contributed by atoms with Crippen molar-refractivity contribution in [2.45, 2.75) is 45.3 Å². The molecule has 1 aliphatic rings. The Morgan fingerprint density at radius 3 is 0.386 bits per heavy atom. The highest BCUT2D eigenvalue weighted by Gasteiger charge is 2.84. The number of halogens is 29. The summed E-state index contributed by atoms with van der Waals surface area (Å²) >= 11 is 115. The molecule has 0 heterocycles. The van der Waals surface area contributed by atoms with Crippen molar-refractivity contribution in [2.24, 2.45) is 0 Å². The maximum atomic E-state index is 3.99. The molecule has 0 amide bonds. The lowest BCUT2D eigenvalue weighted by molar-refractivity contribution is 0.538. The van der Waals surface area contributed by atoms with Crippen LogP contribution in [0.15, 0.2) is 0 Å². The van der Waals surface area contributed by atoms with Crippen molar-refractivity contribution in [2.75, 3.05) is 0 Å². The standard InChI is InChI=1S/C15Br29/c16-1-2(17,18)4(21,22)6(25,26)8(29,30)10(33,34)12(37,38)14(41,42)15(43,44)13(39,40)11(35,36)9(31,32)7(27,28)5(23,24)3(1,19)20. The highest BCUT2D eigenvalue weighted by atomic mass is 80.0. The van der Waals surface area contributed by atoms with Crippen LogP contribution >= 0.6 is 462 Å². The summed E-state index contributed by atoms with van der Waals surface area (Å²) in [6.07, 6.45) is 0. The molecule has 1 fully saturated rings. The Morgan fingerprint density at radius 2 is 0.273 bits per heavy atom. The molecule has 0 atom stereocenters. The molecule has 0 unspecified atom stereocenters. The number of alkyl halides is 28. The lowest BCUT2D eigenvalue weighted by Gasteiger charge is -2.61. The first-order valence-electron chi connectivity index (χ1n) is 9.23. The fourth-order valence-electron chi connectivity index (χ4n) is 2.84. The molecule has 0 bridgehead atoms. The van der Waals surface area contributed by atoms with E-state index in [2.05, 4.69) is 462 Å². The van der Waals surface area contributed by atoms with Crippen LogP contribution in [0.2, 0.25) is 0 Å². The molecular formula is C15Br29. The van der Waals surface area contributed by atoms with Crippen LogP contribution in [-0.4, -0.2) is 45.3 Å². The molecule has 1 radical (unpaired) electrons. The Bertz CT molecular complexity index is 1020. The first kappa shape index (κ1) is 55.9. The van der Waals surface area contributed by atoms with E-state index in [1.165, 1.54) is 0 Å². The van der Waals surface area contributed by atoms with E-state index in [9.17, 15) is 0 Å². The molecule has 29 heteroatoms. The third kappa shape index (κ3) is 8.26. The monoisotopic (exact) mass is 2470 g/mol. The first-order chi connectivity index (χ1) is 18.4. The van der Waals surface area contributed by atoms with E-state index in [1.54, 1.807) is 0 Å². The van der Waals surface area contributed by atoms with Crippen LogP contribution in [0.5, 0.6) is 0 Å². The second kappa shape index (κ2) is 17.5. The largest absolute Gasteiger partial charge is 0.135 e. The summed E-state index contributed by atoms with van der Waals surface area (Å²) < 4.78 is -16.9. The molecule has 1 aliphatic carbocycles. The lowest BCUT2D eigenvalue weighted by atomic mass is 10.0. The van der Waals surface area contributed by atoms with Gasteiger partial charge in [0.1, 0.15) is 50.1 Å². The summed E-state index contributed by atoms with van der Waals surface area (Å²) in [6.45, 7) is 0. The predicted octanol–water partition coefficient (Wildman–Crippen LogP) is 21.7. The average molecular weight is 2500 g/mol. The maximum Gasteiger partial charge on any atom is 0.135 e. The lowest BCUT2D eigenvalue weighted by Crippen LogP contribution is -2.72. The van der Waals surface area contributed by atoms with Crippen LogP contribution in [0.25, 0.3) is 0 Å². The number of hydrogen-bond donors (Lipinski definition) is 0. The van der Waals surface area contributed by atoms with Gasteiger partial charge >= 0.3 is 0 Å². The van der Waals surface area contributed by atoms with Gasteiger partial charge in [0.2, 0.25) is 0 Å². The first-order valence-corrected chi connectivity index (χ1v) is 32.2. The van der Waals surface area contributed by atoms with Crippen molar-refractivity contribution in [1.29, 1.82) is 0 Å². The van der Waals surface area contributed by atoms with Gasteiger partial charge in [-0.05, 0) is 0 Å². The van der Waals surface area contributed by atoms with Crippen molar-refractivity contribution in [3.63, 3.8) is 0 Å². The zero-order chi connectivity index (χ0) is 36.6. The average Bonchev–Trinajstić information content (AvgIpc) is 2.80. The second-order valence-corrected chi connectivity index (χ2v) is 57.4. The highest BCUT2D eigenvalue weighted by Crippen LogP contribution is 2.84. The molecule has 1 rings (SSSR count). The Balaban J connectivity index is 4.70. The molecule has 44 heavy (non-hydrogen) atoms. The van der Waals surface area contributed by atoms with Crippen molar-refractivity contribution in [3.8, 4) is 0 Å². The van der Waals surface area contributed by atoms with Crippen LogP contribution in [0, 0.1) is 4.83 Å². The van der Waals surface area contributed by atoms with Gasteiger partial charge in [-0.15, -0.1) is 0 Å². The summed E-state index contributed by atoms with van der Waals surface area (Å²) in [4.78, 5) is 0.580. The van der Waals surface area contributed by atoms with E-state index in [4.69, 9.17) is 0 Å². The molecule has 0 saturated heterocycles. The quantitative estimate of drug-likeness (QED) is 0.212. The summed E-state index contributed by atoms with van der Waals surface area (Å²) in [5.41, 5.74) is 0. The van der Waals surface area contributed by atoms with E-state index in [0.717, 1.165) is 0 Å². The predicted molar refractivity (Wildman–Crippen MR) is 300 cm³/mol.